The summed E-state index contributed by atoms with van der Waals surface area (Å²) in [7, 11) is -5.58. The maximum atomic E-state index is 12.8. The van der Waals surface area contributed by atoms with E-state index in [1.807, 2.05) is 12.1 Å². The first-order valence-corrected chi connectivity index (χ1v) is 12.1. The van der Waals surface area contributed by atoms with E-state index in [2.05, 4.69) is 20.9 Å². The van der Waals surface area contributed by atoms with Gasteiger partial charge in [0, 0.05) is 33.4 Å². The Morgan fingerprint density at radius 2 is 1.91 bits per heavy atom. The molecule has 3 aromatic rings. The highest BCUT2D eigenvalue weighted by molar-refractivity contribution is 9.10. The smallest absolute Gasteiger partial charge is 0.493 e. The summed E-state index contributed by atoms with van der Waals surface area (Å²) in [5, 5.41) is 10.9. The molecule has 0 fully saturated rings. The number of ether oxygens (including phenoxy) is 1. The number of aromatic nitrogens is 1. The maximum Gasteiger partial charge on any atom is 0.516 e. The number of benzene rings is 2. The predicted molar refractivity (Wildman–Crippen MR) is 120 cm³/mol. The van der Waals surface area contributed by atoms with Gasteiger partial charge in [-0.05, 0) is 52.2 Å². The van der Waals surface area contributed by atoms with E-state index in [1.54, 1.807) is 35.2 Å². The minimum Gasteiger partial charge on any atom is -0.493 e. The van der Waals surface area contributed by atoms with Gasteiger partial charge in [0.1, 0.15) is 5.75 Å². The third-order valence-corrected chi connectivity index (χ3v) is 6.85. The number of sulfonamides is 1. The first-order valence-electron chi connectivity index (χ1n) is 9.79. The molecule has 6 nitrogen and oxygen atoms in total. The van der Waals surface area contributed by atoms with E-state index in [1.165, 1.54) is 18.2 Å². The lowest BCUT2D eigenvalue weighted by molar-refractivity contribution is -0.0429. The molecule has 0 radical (unpaired) electrons. The first kappa shape index (κ1) is 23.5. The van der Waals surface area contributed by atoms with E-state index >= 15 is 0 Å². The summed E-state index contributed by atoms with van der Waals surface area (Å²) in [6, 6.07) is 14.3. The second kappa shape index (κ2) is 8.96. The van der Waals surface area contributed by atoms with E-state index in [4.69, 9.17) is 4.74 Å². The number of alkyl halides is 3. The van der Waals surface area contributed by atoms with Crippen LogP contribution in [0.25, 0.3) is 11.1 Å². The van der Waals surface area contributed by atoms with Crippen LogP contribution in [0.3, 0.4) is 0 Å². The van der Waals surface area contributed by atoms with Gasteiger partial charge in [0.05, 0.1) is 18.4 Å². The average molecular weight is 543 g/mol. The molecule has 1 aliphatic heterocycles. The standard InChI is InChI=1S/C22H18BrF3N2O4S/c23-15-6-7-16(27-11-15)9-14-12-32-20-10-13(5-8-18(20)21(14)29)17-3-1-2-4-19(17)28-33(30,31)22(24,25)26/h1-8,10-11,14,21,28-29H,9,12H2/t14-,21?/m0/s1. The Bertz CT molecular complexity index is 1270. The van der Waals surface area contributed by atoms with Crippen molar-refractivity contribution in [3.05, 3.63) is 76.5 Å². The molecule has 0 saturated heterocycles. The van der Waals surface area contributed by atoms with Crippen molar-refractivity contribution < 1.29 is 31.4 Å². The zero-order valence-corrected chi connectivity index (χ0v) is 19.3. The van der Waals surface area contributed by atoms with Gasteiger partial charge < -0.3 is 9.84 Å². The number of hydrogen-bond donors (Lipinski definition) is 2. The Hall–Kier alpha value is -2.63. The molecule has 11 heteroatoms. The maximum absolute atomic E-state index is 12.8. The normalized spacial score (nSPS) is 18.3. The minimum absolute atomic E-state index is 0.217. The molecule has 2 N–H and O–H groups in total. The Kier molecular flexibility index (Phi) is 6.39. The Balaban J connectivity index is 1.60. The minimum atomic E-state index is -5.58. The zero-order chi connectivity index (χ0) is 23.8. The number of para-hydroxylation sites is 1. The van der Waals surface area contributed by atoms with E-state index in [9.17, 15) is 26.7 Å². The van der Waals surface area contributed by atoms with Crippen molar-refractivity contribution in [3.63, 3.8) is 0 Å². The Morgan fingerprint density at radius 3 is 2.61 bits per heavy atom. The topological polar surface area (TPSA) is 88.5 Å². The van der Waals surface area contributed by atoms with Crippen LogP contribution in [0.2, 0.25) is 0 Å². The molecule has 0 bridgehead atoms. The number of nitrogens with zero attached hydrogens (tertiary/aromatic N) is 1. The van der Waals surface area contributed by atoms with Crippen LogP contribution in [-0.2, 0) is 16.4 Å². The van der Waals surface area contributed by atoms with Crippen molar-refractivity contribution in [2.45, 2.75) is 18.0 Å². The number of halogens is 4. The highest BCUT2D eigenvalue weighted by atomic mass is 79.9. The summed E-state index contributed by atoms with van der Waals surface area (Å²) in [5.74, 6) is 0.149. The lowest BCUT2D eigenvalue weighted by Gasteiger charge is -2.30. The lowest BCUT2D eigenvalue weighted by Crippen LogP contribution is -2.30. The van der Waals surface area contributed by atoms with Crippen LogP contribution in [0.15, 0.2) is 65.3 Å². The summed E-state index contributed by atoms with van der Waals surface area (Å²) < 4.78 is 69.9. The van der Waals surface area contributed by atoms with Gasteiger partial charge in [-0.25, -0.2) is 0 Å². The second-order valence-corrected chi connectivity index (χ2v) is 10.1. The molecule has 1 unspecified atom stereocenters. The monoisotopic (exact) mass is 542 g/mol. The molecule has 4 rings (SSSR count). The predicted octanol–water partition coefficient (Wildman–Crippen LogP) is 5.06. The van der Waals surface area contributed by atoms with Crippen LogP contribution in [0.5, 0.6) is 5.75 Å². The highest BCUT2D eigenvalue weighted by Crippen LogP contribution is 2.41. The van der Waals surface area contributed by atoms with Gasteiger partial charge in [-0.3, -0.25) is 9.71 Å². The number of pyridine rings is 1. The third-order valence-electron chi connectivity index (χ3n) is 5.28. The van der Waals surface area contributed by atoms with Crippen LogP contribution in [0.4, 0.5) is 18.9 Å². The summed E-state index contributed by atoms with van der Waals surface area (Å²) in [6.45, 7) is 0.220. The fourth-order valence-corrected chi connectivity index (χ4v) is 4.42. The molecule has 2 heterocycles. The number of rotatable bonds is 5. The highest BCUT2D eigenvalue weighted by Gasteiger charge is 2.46. The van der Waals surface area contributed by atoms with Gasteiger partial charge >= 0.3 is 15.5 Å². The quantitative estimate of drug-likeness (QED) is 0.470. The zero-order valence-electron chi connectivity index (χ0n) is 16.9. The van der Waals surface area contributed by atoms with Gasteiger partial charge in [0.25, 0.3) is 0 Å². The summed E-state index contributed by atoms with van der Waals surface area (Å²) in [6.07, 6.45) is 1.35. The second-order valence-electron chi connectivity index (χ2n) is 7.54. The summed E-state index contributed by atoms with van der Waals surface area (Å²) in [5.41, 5.74) is -3.63. The number of aliphatic hydroxyl groups is 1. The number of anilines is 1. The molecule has 0 spiro atoms. The van der Waals surface area contributed by atoms with Crippen molar-refractivity contribution >= 4 is 31.6 Å². The fraction of sp³-hybridized carbons (Fsp3) is 0.227. The average Bonchev–Trinajstić information content (AvgIpc) is 2.76. The number of fused-ring (bicyclic) bond motifs is 1. The van der Waals surface area contributed by atoms with Crippen LogP contribution < -0.4 is 9.46 Å². The van der Waals surface area contributed by atoms with Crippen molar-refractivity contribution in [2.75, 3.05) is 11.3 Å². The first-order chi connectivity index (χ1) is 15.5. The Morgan fingerprint density at radius 1 is 1.15 bits per heavy atom. The van der Waals surface area contributed by atoms with Gasteiger partial charge in [0.2, 0.25) is 0 Å². The van der Waals surface area contributed by atoms with Crippen molar-refractivity contribution in [1.29, 1.82) is 0 Å². The van der Waals surface area contributed by atoms with Gasteiger partial charge in [-0.2, -0.15) is 21.6 Å². The van der Waals surface area contributed by atoms with Crippen molar-refractivity contribution in [2.24, 2.45) is 5.92 Å². The van der Waals surface area contributed by atoms with Crippen LogP contribution >= 0.6 is 15.9 Å². The Labute approximate surface area is 196 Å². The molecule has 33 heavy (non-hydrogen) atoms. The summed E-state index contributed by atoms with van der Waals surface area (Å²) >= 11 is 3.33. The number of nitrogens with one attached hydrogen (secondary N) is 1. The van der Waals surface area contributed by atoms with Crippen molar-refractivity contribution in [1.82, 2.24) is 4.98 Å². The molecule has 1 aliphatic rings. The van der Waals surface area contributed by atoms with E-state index in [0.717, 1.165) is 10.2 Å². The van der Waals surface area contributed by atoms with E-state index in [-0.39, 0.29) is 23.8 Å². The molecule has 174 valence electrons. The molecule has 1 aromatic heterocycles. The number of aliphatic hydroxyl groups excluding tert-OH is 1. The van der Waals surface area contributed by atoms with Gasteiger partial charge in [0.15, 0.2) is 0 Å². The molecular weight excluding hydrogens is 525 g/mol. The summed E-state index contributed by atoms with van der Waals surface area (Å²) in [4.78, 5) is 4.32. The largest absolute Gasteiger partial charge is 0.516 e. The molecule has 0 aliphatic carbocycles. The fourth-order valence-electron chi connectivity index (χ4n) is 3.61. The van der Waals surface area contributed by atoms with Gasteiger partial charge in [-0.1, -0.05) is 30.3 Å². The van der Waals surface area contributed by atoms with Crippen molar-refractivity contribution in [3.8, 4) is 16.9 Å². The van der Waals surface area contributed by atoms with Crippen LogP contribution in [0, 0.1) is 5.92 Å². The lowest BCUT2D eigenvalue weighted by atomic mass is 9.88. The molecule has 2 atom stereocenters. The molecular formula is C22H18BrF3N2O4S. The number of hydrogen-bond acceptors (Lipinski definition) is 5. The van der Waals surface area contributed by atoms with Crippen LogP contribution in [0.1, 0.15) is 17.4 Å². The molecule has 0 amide bonds. The molecule has 0 saturated carbocycles. The SMILES string of the molecule is O=S(=O)(Nc1ccccc1-c1ccc2c(c1)OC[C@H](Cc1ccc(Br)cn1)C2O)C(F)(F)F. The third kappa shape index (κ3) is 4.99. The van der Waals surface area contributed by atoms with E-state index in [0.29, 0.717) is 23.3 Å². The molecule has 2 aromatic carbocycles. The van der Waals surface area contributed by atoms with Crippen LogP contribution in [-0.4, -0.2) is 30.6 Å². The van der Waals surface area contributed by atoms with E-state index < -0.39 is 21.6 Å². The van der Waals surface area contributed by atoms with Gasteiger partial charge in [-0.15, -0.1) is 0 Å².